The second kappa shape index (κ2) is 34.4. The minimum absolute atomic E-state index is 0. The molecule has 40 heavy (non-hydrogen) atoms. The summed E-state index contributed by atoms with van der Waals surface area (Å²) >= 11 is 0. The zero-order valence-electron chi connectivity index (χ0n) is 27.8. The summed E-state index contributed by atoms with van der Waals surface area (Å²) in [5, 5.41) is 0. The summed E-state index contributed by atoms with van der Waals surface area (Å²) in [4.78, 5) is 0. The maximum absolute atomic E-state index is 2.34. The first-order valence-electron chi connectivity index (χ1n) is 17.6. The Kier molecular flexibility index (Phi) is 35.6. The van der Waals surface area contributed by atoms with Crippen LogP contribution in [0.25, 0.3) is 0 Å². The lowest BCUT2D eigenvalue weighted by atomic mass is 10.0. The fraction of sp³-hybridized carbons (Fsp3) is 0.789. The molecule has 0 aliphatic carbocycles. The minimum Gasteiger partial charge on any atom is -1.00 e. The van der Waals surface area contributed by atoms with E-state index in [1.54, 1.807) is 0 Å². The molecule has 0 aliphatic rings. The third-order valence-corrected chi connectivity index (χ3v) is 7.88. The normalized spacial score (nSPS) is 12.5. The van der Waals surface area contributed by atoms with Crippen molar-refractivity contribution in [2.75, 3.05) is 14.1 Å². The molecule has 0 amide bonds. The Morgan fingerprint density at radius 3 is 0.875 bits per heavy atom. The van der Waals surface area contributed by atoms with Gasteiger partial charge in [-0.2, -0.15) is 0 Å². The summed E-state index contributed by atoms with van der Waals surface area (Å²) in [5.74, 6) is 0. The van der Waals surface area contributed by atoms with Crippen LogP contribution in [0, 0.1) is 0 Å². The molecule has 0 heterocycles. The summed E-state index contributed by atoms with van der Waals surface area (Å²) in [5.41, 5.74) is 0. The van der Waals surface area contributed by atoms with Gasteiger partial charge in [0.15, 0.2) is 0 Å². The highest BCUT2D eigenvalue weighted by Gasteiger charge is 2.03. The van der Waals surface area contributed by atoms with Gasteiger partial charge in [-0.25, -0.2) is 0 Å². The quantitative estimate of drug-likeness (QED) is 0.0452. The molecule has 0 unspecified atom stereocenters. The summed E-state index contributed by atoms with van der Waals surface area (Å²) in [6, 6.07) is 0. The molecule has 0 bridgehead atoms. The van der Waals surface area contributed by atoms with Gasteiger partial charge in [-0.15, -0.1) is 0 Å². The van der Waals surface area contributed by atoms with Crippen molar-refractivity contribution in [1.29, 1.82) is 0 Å². The molecule has 0 aromatic heterocycles. The van der Waals surface area contributed by atoms with Crippen molar-refractivity contribution >= 4 is 0 Å². The van der Waals surface area contributed by atoms with Gasteiger partial charge in [0.2, 0.25) is 0 Å². The van der Waals surface area contributed by atoms with E-state index in [0.29, 0.717) is 0 Å². The molecule has 0 fully saturated rings. The lowest BCUT2D eigenvalue weighted by Crippen LogP contribution is -3.00. The standard InChI is InChI=1S/C38H72N.ClH/c1-5-7-9-11-13-15-17-19-21-23-25-27-29-31-33-35-37-39(3,4)38-36-34-32-30-28-26-24-22-20-18-16-14-12-10-8-6-2;/h31-38H,5-30H2,1-4H3;1H/q+1;/p-1/b33-31+,34-32+,37-35+,38-36+;. The van der Waals surface area contributed by atoms with Gasteiger partial charge < -0.3 is 12.4 Å². The van der Waals surface area contributed by atoms with Gasteiger partial charge in [-0.3, -0.25) is 4.48 Å². The van der Waals surface area contributed by atoms with Crippen molar-refractivity contribution in [1.82, 2.24) is 0 Å². The van der Waals surface area contributed by atoms with E-state index in [4.69, 9.17) is 0 Å². The highest BCUT2D eigenvalue weighted by Crippen LogP contribution is 2.14. The van der Waals surface area contributed by atoms with Gasteiger partial charge in [0, 0.05) is 0 Å². The van der Waals surface area contributed by atoms with E-state index >= 15 is 0 Å². The van der Waals surface area contributed by atoms with E-state index in [9.17, 15) is 0 Å². The minimum atomic E-state index is 0. The van der Waals surface area contributed by atoms with Crippen molar-refractivity contribution in [2.24, 2.45) is 0 Å². The number of hydrogen-bond donors (Lipinski definition) is 0. The van der Waals surface area contributed by atoms with Crippen LogP contribution in [0.4, 0.5) is 0 Å². The van der Waals surface area contributed by atoms with Crippen LogP contribution in [0.3, 0.4) is 0 Å². The molecule has 1 nitrogen and oxygen atoms in total. The molecule has 236 valence electrons. The Balaban J connectivity index is 0. The van der Waals surface area contributed by atoms with E-state index in [0.717, 1.165) is 4.48 Å². The number of halogens is 1. The van der Waals surface area contributed by atoms with Crippen molar-refractivity contribution < 1.29 is 16.9 Å². The number of hydrogen-bond acceptors (Lipinski definition) is 0. The van der Waals surface area contributed by atoms with E-state index in [2.05, 4.69) is 76.8 Å². The Bertz CT molecular complexity index is 536. The molecular formula is C38H72ClN. The second-order valence-corrected chi connectivity index (χ2v) is 12.5. The average molecular weight is 578 g/mol. The van der Waals surface area contributed by atoms with E-state index < -0.39 is 0 Å². The fourth-order valence-corrected chi connectivity index (χ4v) is 5.15. The summed E-state index contributed by atoms with van der Waals surface area (Å²) < 4.78 is 0.784. The molecule has 2 heteroatoms. The van der Waals surface area contributed by atoms with Crippen molar-refractivity contribution in [2.45, 2.75) is 181 Å². The second-order valence-electron chi connectivity index (χ2n) is 12.5. The monoisotopic (exact) mass is 578 g/mol. The van der Waals surface area contributed by atoms with Gasteiger partial charge in [0.25, 0.3) is 0 Å². The zero-order valence-corrected chi connectivity index (χ0v) is 28.6. The van der Waals surface area contributed by atoms with Gasteiger partial charge in [-0.1, -0.05) is 179 Å². The van der Waals surface area contributed by atoms with Crippen molar-refractivity contribution in [3.8, 4) is 0 Å². The third kappa shape index (κ3) is 35.2. The van der Waals surface area contributed by atoms with Crippen LogP contribution in [-0.2, 0) is 0 Å². The predicted molar refractivity (Wildman–Crippen MR) is 180 cm³/mol. The van der Waals surface area contributed by atoms with Gasteiger partial charge in [0.1, 0.15) is 0 Å². The maximum atomic E-state index is 2.34. The Morgan fingerprint density at radius 1 is 0.350 bits per heavy atom. The first-order valence-corrected chi connectivity index (χ1v) is 17.6. The molecule has 0 atom stereocenters. The number of rotatable bonds is 30. The number of unbranched alkanes of at least 4 members (excludes halogenated alkanes) is 24. The van der Waals surface area contributed by atoms with Crippen LogP contribution < -0.4 is 12.4 Å². The molecule has 0 saturated heterocycles. The van der Waals surface area contributed by atoms with Crippen LogP contribution in [0.1, 0.15) is 181 Å². The van der Waals surface area contributed by atoms with Crippen LogP contribution in [0.2, 0.25) is 0 Å². The average Bonchev–Trinajstić information content (AvgIpc) is 2.92. The zero-order chi connectivity index (χ0) is 28.5. The Morgan fingerprint density at radius 2 is 0.600 bits per heavy atom. The van der Waals surface area contributed by atoms with E-state index in [1.165, 1.54) is 167 Å². The molecule has 0 aliphatic heterocycles. The van der Waals surface area contributed by atoms with E-state index in [-0.39, 0.29) is 12.4 Å². The van der Waals surface area contributed by atoms with Crippen LogP contribution in [0.15, 0.2) is 48.9 Å². The molecule has 0 N–H and O–H groups in total. The summed E-state index contributed by atoms with van der Waals surface area (Å²) in [6.45, 7) is 4.59. The van der Waals surface area contributed by atoms with Crippen molar-refractivity contribution in [3.63, 3.8) is 0 Å². The number of quaternary nitrogens is 1. The molecule has 0 rings (SSSR count). The Hall–Kier alpha value is -0.790. The van der Waals surface area contributed by atoms with Crippen LogP contribution in [0.5, 0.6) is 0 Å². The Labute approximate surface area is 260 Å². The molecule has 0 aromatic carbocycles. The smallest absolute Gasteiger partial charge is 0.1000 e. The van der Waals surface area contributed by atoms with Gasteiger partial charge >= 0.3 is 0 Å². The highest BCUT2D eigenvalue weighted by atomic mass is 35.5. The summed E-state index contributed by atoms with van der Waals surface area (Å²) in [6.07, 6.45) is 54.7. The number of nitrogens with zero attached hydrogens (tertiary/aromatic N) is 1. The first kappa shape index (κ1) is 41.3. The van der Waals surface area contributed by atoms with E-state index in [1.807, 2.05) is 0 Å². The molecule has 0 radical (unpaired) electrons. The lowest BCUT2D eigenvalue weighted by molar-refractivity contribution is -0.784. The lowest BCUT2D eigenvalue weighted by Gasteiger charge is -2.18. The molecule has 0 aromatic rings. The van der Waals surface area contributed by atoms with Gasteiger partial charge in [0.05, 0.1) is 26.5 Å². The largest absolute Gasteiger partial charge is 1.00 e. The summed E-state index contributed by atoms with van der Waals surface area (Å²) in [7, 11) is 4.45. The maximum Gasteiger partial charge on any atom is 0.1000 e. The van der Waals surface area contributed by atoms with Crippen molar-refractivity contribution in [3.05, 3.63) is 48.9 Å². The number of allylic oxidation sites excluding steroid dienone is 6. The van der Waals surface area contributed by atoms with Crippen LogP contribution in [-0.4, -0.2) is 18.6 Å². The van der Waals surface area contributed by atoms with Gasteiger partial charge in [-0.05, 0) is 37.8 Å². The van der Waals surface area contributed by atoms with Crippen LogP contribution >= 0.6 is 0 Å². The molecule has 0 saturated carbocycles. The first-order chi connectivity index (χ1) is 19.1. The molecule has 0 spiro atoms. The molecular weight excluding hydrogens is 506 g/mol. The third-order valence-electron chi connectivity index (χ3n) is 7.88. The SMILES string of the molecule is CCCCCCCCCCCCCC/C=C/C=C/[N+](C)(C)/C=C/C=C/CCCCCCCCCCCCCC.[Cl-]. The fourth-order valence-electron chi connectivity index (χ4n) is 5.15. The topological polar surface area (TPSA) is 0 Å². The predicted octanol–water partition coefficient (Wildman–Crippen LogP) is 10.4. The highest BCUT2D eigenvalue weighted by molar-refractivity contribution is 5.03.